The van der Waals surface area contributed by atoms with Crippen LogP contribution < -0.4 is 11.1 Å². The Hall–Kier alpha value is -3.56. The molecule has 0 bridgehead atoms. The Balaban J connectivity index is 1.23. The number of urea groups is 1. The van der Waals surface area contributed by atoms with Gasteiger partial charge in [-0.3, -0.25) is 4.68 Å². The van der Waals surface area contributed by atoms with E-state index in [2.05, 4.69) is 27.5 Å². The minimum atomic E-state index is -4.59. The maximum absolute atomic E-state index is 13.6. The van der Waals surface area contributed by atoms with E-state index in [0.29, 0.717) is 25.3 Å². The van der Waals surface area contributed by atoms with Crippen LogP contribution in [0.2, 0.25) is 0 Å². The maximum Gasteiger partial charge on any atom is 0.419 e. The summed E-state index contributed by atoms with van der Waals surface area (Å²) in [7, 11) is 0. The molecule has 2 fully saturated rings. The standard InChI is InChI=1S/C28H31F3N6O/c29-28(30,31)21-15-19(17-33-24(21)32)22-16-23-26(12-14-37(23)35-22)11-13-36(18-26)25(38)34-27(9-5-2-6-10-27)20-7-3-1-4-8-20/h1,3-4,7-8,15-17H,2,5-6,9-14,18H2,(H2,32,33)(H,34,38). The second-order valence-corrected chi connectivity index (χ2v) is 10.9. The van der Waals surface area contributed by atoms with Crippen molar-refractivity contribution in [3.8, 4) is 11.3 Å². The molecule has 3 N–H and O–H groups in total. The highest BCUT2D eigenvalue weighted by Gasteiger charge is 2.48. The van der Waals surface area contributed by atoms with Crippen LogP contribution in [0.1, 0.15) is 61.8 Å². The number of alkyl halides is 3. The Morgan fingerprint density at radius 3 is 2.47 bits per heavy atom. The molecule has 1 spiro atoms. The zero-order valence-corrected chi connectivity index (χ0v) is 21.1. The number of likely N-dealkylation sites (tertiary alicyclic amines) is 1. The Morgan fingerprint density at radius 2 is 1.74 bits per heavy atom. The predicted molar refractivity (Wildman–Crippen MR) is 137 cm³/mol. The molecule has 10 heteroatoms. The van der Waals surface area contributed by atoms with Crippen LogP contribution in [0.15, 0.2) is 48.7 Å². The summed E-state index contributed by atoms with van der Waals surface area (Å²) in [5, 5.41) is 8.01. The molecule has 4 heterocycles. The van der Waals surface area contributed by atoms with Gasteiger partial charge in [-0.15, -0.1) is 0 Å². The number of aryl methyl sites for hydroxylation is 1. The fraction of sp³-hybridized carbons (Fsp3) is 0.464. The smallest absolute Gasteiger partial charge is 0.383 e. The molecule has 1 aromatic carbocycles. The monoisotopic (exact) mass is 524 g/mol. The molecule has 7 nitrogen and oxygen atoms in total. The maximum atomic E-state index is 13.6. The molecule has 2 aliphatic heterocycles. The highest BCUT2D eigenvalue weighted by molar-refractivity contribution is 5.76. The molecule has 200 valence electrons. The van der Waals surface area contributed by atoms with Crippen molar-refractivity contribution in [2.24, 2.45) is 0 Å². The van der Waals surface area contributed by atoms with Crippen LogP contribution in [0, 0.1) is 0 Å². The summed E-state index contributed by atoms with van der Waals surface area (Å²) < 4.78 is 42.0. The molecule has 0 radical (unpaired) electrons. The molecule has 1 unspecified atom stereocenters. The molecule has 1 saturated carbocycles. The van der Waals surface area contributed by atoms with Crippen LogP contribution in [-0.4, -0.2) is 38.8 Å². The summed E-state index contributed by atoms with van der Waals surface area (Å²) in [5.74, 6) is -0.548. The van der Waals surface area contributed by atoms with Gasteiger partial charge in [0.05, 0.1) is 16.8 Å². The number of nitrogen functional groups attached to an aromatic ring is 1. The van der Waals surface area contributed by atoms with Gasteiger partial charge in [0.15, 0.2) is 0 Å². The van der Waals surface area contributed by atoms with Crippen molar-refractivity contribution in [1.82, 2.24) is 25.0 Å². The number of anilines is 1. The van der Waals surface area contributed by atoms with Crippen molar-refractivity contribution in [3.05, 3.63) is 65.5 Å². The van der Waals surface area contributed by atoms with Gasteiger partial charge in [-0.2, -0.15) is 18.3 Å². The third kappa shape index (κ3) is 4.19. The highest BCUT2D eigenvalue weighted by atomic mass is 19.4. The quantitative estimate of drug-likeness (QED) is 0.476. The summed E-state index contributed by atoms with van der Waals surface area (Å²) in [5.41, 5.74) is 6.73. The summed E-state index contributed by atoms with van der Waals surface area (Å²) in [6.07, 6.45) is 3.56. The molecule has 1 atom stereocenters. The number of rotatable bonds is 3. The molecule has 1 aliphatic carbocycles. The van der Waals surface area contributed by atoms with E-state index >= 15 is 0 Å². The number of carbonyl (C=O) groups excluding carboxylic acids is 1. The van der Waals surface area contributed by atoms with Crippen LogP contribution in [0.5, 0.6) is 0 Å². The molecule has 3 aliphatic rings. The summed E-state index contributed by atoms with van der Waals surface area (Å²) in [4.78, 5) is 19.3. The SMILES string of the molecule is Nc1ncc(-c2cc3n(n2)CCC32CCN(C(=O)NC3(c4ccccc4)CCCCC3)C2)cc1C(F)(F)F. The average molecular weight is 525 g/mol. The molecule has 2 amide bonds. The second-order valence-electron chi connectivity index (χ2n) is 10.9. The lowest BCUT2D eigenvalue weighted by molar-refractivity contribution is -0.137. The molecule has 3 aromatic rings. The van der Waals surface area contributed by atoms with Gasteiger partial charge in [0.25, 0.3) is 0 Å². The molecule has 38 heavy (non-hydrogen) atoms. The van der Waals surface area contributed by atoms with E-state index in [0.717, 1.165) is 55.8 Å². The van der Waals surface area contributed by atoms with Crippen molar-refractivity contribution in [2.45, 2.75) is 68.6 Å². The first-order valence-electron chi connectivity index (χ1n) is 13.2. The van der Waals surface area contributed by atoms with Gasteiger partial charge < -0.3 is 16.0 Å². The van der Waals surface area contributed by atoms with E-state index < -0.39 is 17.6 Å². The number of carbonyl (C=O) groups is 1. The molecular formula is C28H31F3N6O. The van der Waals surface area contributed by atoms with Gasteiger partial charge in [-0.05, 0) is 43.4 Å². The molecular weight excluding hydrogens is 493 g/mol. The first-order valence-corrected chi connectivity index (χ1v) is 13.2. The Morgan fingerprint density at radius 1 is 1.00 bits per heavy atom. The van der Waals surface area contributed by atoms with Crippen LogP contribution >= 0.6 is 0 Å². The number of benzene rings is 1. The van der Waals surface area contributed by atoms with Gasteiger partial charge in [0.1, 0.15) is 5.82 Å². The number of pyridine rings is 1. The van der Waals surface area contributed by atoms with Gasteiger partial charge in [0, 0.05) is 42.5 Å². The molecule has 2 aromatic heterocycles. The van der Waals surface area contributed by atoms with Gasteiger partial charge in [0.2, 0.25) is 0 Å². The number of amides is 2. The third-order valence-electron chi connectivity index (χ3n) is 8.67. The summed E-state index contributed by atoms with van der Waals surface area (Å²) in [6, 6.07) is 13.1. The van der Waals surface area contributed by atoms with Crippen LogP contribution in [-0.2, 0) is 23.7 Å². The number of nitrogens with two attached hydrogens (primary N) is 1. The number of fused-ring (bicyclic) bond motifs is 2. The Bertz CT molecular complexity index is 1350. The van der Waals surface area contributed by atoms with E-state index in [9.17, 15) is 18.0 Å². The fourth-order valence-corrected chi connectivity index (χ4v) is 6.59. The van der Waals surface area contributed by atoms with Crippen molar-refractivity contribution in [3.63, 3.8) is 0 Å². The second kappa shape index (κ2) is 9.03. The van der Waals surface area contributed by atoms with E-state index in [1.54, 1.807) is 0 Å². The Kier molecular flexibility index (Phi) is 5.88. The van der Waals surface area contributed by atoms with Crippen molar-refractivity contribution in [2.75, 3.05) is 18.8 Å². The van der Waals surface area contributed by atoms with Crippen molar-refractivity contribution < 1.29 is 18.0 Å². The lowest BCUT2D eigenvalue weighted by Gasteiger charge is -2.40. The highest BCUT2D eigenvalue weighted by Crippen LogP contribution is 2.45. The lowest BCUT2D eigenvalue weighted by Crippen LogP contribution is -2.52. The minimum absolute atomic E-state index is 0.0524. The van der Waals surface area contributed by atoms with Crippen LogP contribution in [0.3, 0.4) is 0 Å². The van der Waals surface area contributed by atoms with E-state index in [4.69, 9.17) is 5.73 Å². The van der Waals surface area contributed by atoms with Crippen LogP contribution in [0.4, 0.5) is 23.8 Å². The number of hydrogen-bond donors (Lipinski definition) is 2. The van der Waals surface area contributed by atoms with Gasteiger partial charge >= 0.3 is 12.2 Å². The topological polar surface area (TPSA) is 89.1 Å². The lowest BCUT2D eigenvalue weighted by atomic mass is 9.76. The van der Waals surface area contributed by atoms with Crippen molar-refractivity contribution in [1.29, 1.82) is 0 Å². The van der Waals surface area contributed by atoms with Crippen LogP contribution in [0.25, 0.3) is 11.3 Å². The zero-order chi connectivity index (χ0) is 26.5. The first-order chi connectivity index (χ1) is 18.2. The molecule has 6 rings (SSSR count). The van der Waals surface area contributed by atoms with E-state index in [-0.39, 0.29) is 22.5 Å². The largest absolute Gasteiger partial charge is 0.419 e. The normalized spacial score (nSPS) is 22.6. The zero-order valence-electron chi connectivity index (χ0n) is 21.1. The number of aromatic nitrogens is 3. The van der Waals surface area contributed by atoms with Crippen molar-refractivity contribution >= 4 is 11.8 Å². The minimum Gasteiger partial charge on any atom is -0.383 e. The number of nitrogens with one attached hydrogen (secondary N) is 1. The number of nitrogens with zero attached hydrogens (tertiary/aromatic N) is 4. The van der Waals surface area contributed by atoms with Gasteiger partial charge in [-0.25, -0.2) is 9.78 Å². The average Bonchev–Trinajstić information content (AvgIpc) is 3.62. The third-order valence-corrected chi connectivity index (χ3v) is 8.67. The summed E-state index contributed by atoms with van der Waals surface area (Å²) >= 11 is 0. The molecule has 1 saturated heterocycles. The van der Waals surface area contributed by atoms with E-state index in [1.165, 1.54) is 12.6 Å². The number of hydrogen-bond acceptors (Lipinski definition) is 4. The van der Waals surface area contributed by atoms with Gasteiger partial charge in [-0.1, -0.05) is 49.6 Å². The first kappa shape index (κ1) is 24.8. The predicted octanol–water partition coefficient (Wildman–Crippen LogP) is 5.46. The van der Waals surface area contributed by atoms with E-state index in [1.807, 2.05) is 33.8 Å². The fourth-order valence-electron chi connectivity index (χ4n) is 6.59. The number of halogens is 3. The Labute approximate surface area is 219 Å². The summed E-state index contributed by atoms with van der Waals surface area (Å²) in [6.45, 7) is 1.84.